The molecule has 19 heavy (non-hydrogen) atoms. The van der Waals surface area contributed by atoms with Crippen molar-refractivity contribution in [3.05, 3.63) is 0 Å². The third-order valence-corrected chi connectivity index (χ3v) is 3.37. The minimum absolute atomic E-state index is 0. The fourth-order valence-electron chi connectivity index (χ4n) is 2.20. The highest BCUT2D eigenvalue weighted by atomic mass is 17.1. The quantitative estimate of drug-likeness (QED) is 0.357. The summed E-state index contributed by atoms with van der Waals surface area (Å²) in [7, 11) is 0. The number of ether oxygens (including phenoxy) is 2. The second-order valence-electron chi connectivity index (χ2n) is 5.08. The Balaban J connectivity index is 0.00000180. The van der Waals surface area contributed by atoms with E-state index in [1.807, 2.05) is 0 Å². The van der Waals surface area contributed by atoms with Gasteiger partial charge in [0, 0.05) is 0 Å². The first kappa shape index (κ1) is 16.8. The summed E-state index contributed by atoms with van der Waals surface area (Å²) in [6.45, 7) is 3.89. The Morgan fingerprint density at radius 3 is 2.79 bits per heavy atom. The molecule has 0 saturated carbocycles. The molecule has 5 N–H and O–H groups in total. The lowest BCUT2D eigenvalue weighted by Crippen LogP contribution is -2.39. The van der Waals surface area contributed by atoms with E-state index < -0.39 is 6.10 Å². The molecule has 2 unspecified atom stereocenters. The lowest BCUT2D eigenvalue weighted by molar-refractivity contribution is -0.257. The zero-order valence-corrected chi connectivity index (χ0v) is 12.1. The van der Waals surface area contributed by atoms with Crippen LogP contribution in [0.3, 0.4) is 0 Å². The van der Waals surface area contributed by atoms with Crippen LogP contribution in [0.2, 0.25) is 0 Å². The molecule has 2 atom stereocenters. The van der Waals surface area contributed by atoms with Crippen LogP contribution in [-0.4, -0.2) is 25.5 Å². The van der Waals surface area contributed by atoms with Crippen molar-refractivity contribution in [3.63, 3.8) is 0 Å². The summed E-state index contributed by atoms with van der Waals surface area (Å²) >= 11 is 0. The number of hydrogen-bond donors (Lipinski definition) is 3. The maximum absolute atomic E-state index is 5.81. The van der Waals surface area contributed by atoms with Crippen LogP contribution >= 0.6 is 0 Å². The average Bonchev–Trinajstić information content (AvgIpc) is 3.16. The summed E-state index contributed by atoms with van der Waals surface area (Å²) in [5.74, 6) is 0. The van der Waals surface area contributed by atoms with Gasteiger partial charge in [0.15, 0.2) is 0 Å². The molecule has 6 nitrogen and oxygen atoms in total. The standard InChI is InChI=1S/C13H26N2O3.H3N/c1-2-3-4-8-11-16-13(15-18-13)17-12-9-6-5-7-10-14-12;/h12,14-15H,2-11H2,1H3;1H3. The highest BCUT2D eigenvalue weighted by Gasteiger charge is 2.51. The molecule has 2 saturated heterocycles. The van der Waals surface area contributed by atoms with E-state index in [4.69, 9.17) is 14.3 Å². The molecule has 0 bridgehead atoms. The molecule has 2 heterocycles. The lowest BCUT2D eigenvalue weighted by Gasteiger charge is -2.20. The summed E-state index contributed by atoms with van der Waals surface area (Å²) in [4.78, 5) is 5.11. The molecule has 2 fully saturated rings. The maximum atomic E-state index is 5.81. The second-order valence-corrected chi connectivity index (χ2v) is 5.08. The molecule has 0 aromatic carbocycles. The number of nitrogens with one attached hydrogen (secondary N) is 2. The molecular weight excluding hydrogens is 246 g/mol. The van der Waals surface area contributed by atoms with Crippen LogP contribution in [0.25, 0.3) is 0 Å². The van der Waals surface area contributed by atoms with E-state index in [-0.39, 0.29) is 12.4 Å². The van der Waals surface area contributed by atoms with Crippen LogP contribution in [0.5, 0.6) is 0 Å². The monoisotopic (exact) mass is 275 g/mol. The van der Waals surface area contributed by atoms with Crippen molar-refractivity contribution < 1.29 is 14.3 Å². The van der Waals surface area contributed by atoms with Crippen LogP contribution in [0, 0.1) is 0 Å². The highest BCUT2D eigenvalue weighted by Crippen LogP contribution is 2.26. The van der Waals surface area contributed by atoms with Crippen LogP contribution in [-0.2, 0) is 14.3 Å². The Bertz CT molecular complexity index is 229. The van der Waals surface area contributed by atoms with Gasteiger partial charge in [-0.3, -0.25) is 10.1 Å². The first-order valence-electron chi connectivity index (χ1n) is 7.35. The third kappa shape index (κ3) is 6.16. The van der Waals surface area contributed by atoms with E-state index in [0.717, 1.165) is 19.4 Å². The summed E-state index contributed by atoms with van der Waals surface area (Å²) in [5, 5.41) is 3.37. The molecule has 114 valence electrons. The number of unbranched alkanes of at least 4 members (excludes halogenated alkanes) is 3. The van der Waals surface area contributed by atoms with E-state index in [0.29, 0.717) is 6.61 Å². The zero-order chi connectivity index (χ0) is 12.7. The molecule has 0 aliphatic carbocycles. The molecule has 0 radical (unpaired) electrons. The van der Waals surface area contributed by atoms with Crippen molar-refractivity contribution in [2.45, 2.75) is 70.6 Å². The van der Waals surface area contributed by atoms with Crippen LogP contribution in [0.1, 0.15) is 58.3 Å². The molecule has 0 aromatic rings. The first-order chi connectivity index (χ1) is 8.85. The molecular formula is C13H29N3O3. The Morgan fingerprint density at radius 1 is 1.21 bits per heavy atom. The summed E-state index contributed by atoms with van der Waals surface area (Å²) in [5.41, 5.74) is 2.72. The van der Waals surface area contributed by atoms with E-state index in [9.17, 15) is 0 Å². The number of hydroxylamine groups is 1. The van der Waals surface area contributed by atoms with Crippen molar-refractivity contribution in [1.82, 2.24) is 16.9 Å². The molecule has 0 aromatic heterocycles. The van der Waals surface area contributed by atoms with Crippen molar-refractivity contribution in [3.8, 4) is 0 Å². The predicted octanol–water partition coefficient (Wildman–Crippen LogP) is 2.40. The minimum Gasteiger partial charge on any atom is -0.344 e. The molecule has 2 aliphatic heterocycles. The fraction of sp³-hybridized carbons (Fsp3) is 1.00. The van der Waals surface area contributed by atoms with Crippen molar-refractivity contribution in [2.75, 3.05) is 13.2 Å². The van der Waals surface area contributed by atoms with E-state index >= 15 is 0 Å². The summed E-state index contributed by atoms with van der Waals surface area (Å²) < 4.78 is 11.4. The third-order valence-electron chi connectivity index (χ3n) is 3.37. The molecule has 2 aliphatic rings. The van der Waals surface area contributed by atoms with Gasteiger partial charge in [0.1, 0.15) is 6.23 Å². The number of rotatable bonds is 8. The second kappa shape index (κ2) is 8.84. The topological polar surface area (TPSA) is 100.0 Å². The van der Waals surface area contributed by atoms with Crippen molar-refractivity contribution >= 4 is 0 Å². The predicted molar refractivity (Wildman–Crippen MR) is 73.4 cm³/mol. The van der Waals surface area contributed by atoms with Crippen LogP contribution in [0.4, 0.5) is 0 Å². The normalized spacial score (nSPS) is 30.5. The minimum atomic E-state index is -0.964. The fourth-order valence-corrected chi connectivity index (χ4v) is 2.20. The van der Waals surface area contributed by atoms with Gasteiger partial charge in [-0.2, -0.15) is 0 Å². The van der Waals surface area contributed by atoms with Gasteiger partial charge in [0.05, 0.1) is 6.61 Å². The van der Waals surface area contributed by atoms with Crippen LogP contribution in [0.15, 0.2) is 0 Å². The Hall–Kier alpha value is -0.240. The van der Waals surface area contributed by atoms with Crippen LogP contribution < -0.4 is 16.9 Å². The smallest absolute Gasteiger partial charge is 0.344 e. The zero-order valence-electron chi connectivity index (χ0n) is 12.1. The largest absolute Gasteiger partial charge is 0.391 e. The summed E-state index contributed by atoms with van der Waals surface area (Å²) in [6.07, 6.45) is 8.54. The van der Waals surface area contributed by atoms with E-state index in [1.54, 1.807) is 0 Å². The van der Waals surface area contributed by atoms with Gasteiger partial charge >= 0.3 is 6.10 Å². The highest BCUT2D eigenvalue weighted by molar-refractivity contribution is 4.67. The summed E-state index contributed by atoms with van der Waals surface area (Å²) in [6, 6.07) is 0. The van der Waals surface area contributed by atoms with Gasteiger partial charge < -0.3 is 10.9 Å². The van der Waals surface area contributed by atoms with Gasteiger partial charge in [-0.15, -0.1) is 5.48 Å². The molecule has 0 spiro atoms. The first-order valence-corrected chi connectivity index (χ1v) is 7.35. The van der Waals surface area contributed by atoms with Gasteiger partial charge in [-0.05, 0) is 32.2 Å². The van der Waals surface area contributed by atoms with Gasteiger partial charge in [0.2, 0.25) is 0 Å². The maximum Gasteiger partial charge on any atom is 0.391 e. The number of hydrogen-bond acceptors (Lipinski definition) is 6. The van der Waals surface area contributed by atoms with Gasteiger partial charge in [-0.1, -0.05) is 32.6 Å². The Labute approximate surface area is 116 Å². The SMILES string of the molecule is CCCCCCOC1(OC2CCCCCN2)NO1.N. The average molecular weight is 275 g/mol. The van der Waals surface area contributed by atoms with E-state index in [2.05, 4.69) is 17.7 Å². The van der Waals surface area contributed by atoms with E-state index in [1.165, 1.54) is 38.5 Å². The van der Waals surface area contributed by atoms with Gasteiger partial charge in [0.25, 0.3) is 0 Å². The molecule has 0 amide bonds. The molecule has 6 heteroatoms. The Kier molecular flexibility index (Phi) is 7.82. The van der Waals surface area contributed by atoms with Crippen molar-refractivity contribution in [2.24, 2.45) is 0 Å². The van der Waals surface area contributed by atoms with Crippen molar-refractivity contribution in [1.29, 1.82) is 0 Å². The van der Waals surface area contributed by atoms with Gasteiger partial charge in [-0.25, -0.2) is 4.84 Å². The lowest BCUT2D eigenvalue weighted by atomic mass is 10.2. The Morgan fingerprint density at radius 2 is 2.05 bits per heavy atom. The molecule has 2 rings (SSSR count).